The van der Waals surface area contributed by atoms with Gasteiger partial charge in [0.2, 0.25) is 0 Å². The minimum Gasteiger partial charge on any atom is -0.492 e. The zero-order valence-corrected chi connectivity index (χ0v) is 18.5. The van der Waals surface area contributed by atoms with Crippen LogP contribution in [0, 0.1) is 13.8 Å². The van der Waals surface area contributed by atoms with Crippen LogP contribution in [-0.2, 0) is 22.3 Å². The summed E-state index contributed by atoms with van der Waals surface area (Å²) in [7, 11) is 2.75. The van der Waals surface area contributed by atoms with Crippen LogP contribution in [0.1, 0.15) is 43.0 Å². The summed E-state index contributed by atoms with van der Waals surface area (Å²) < 4.78 is 21.2. The van der Waals surface area contributed by atoms with Gasteiger partial charge in [-0.2, -0.15) is 0 Å². The molecule has 2 aliphatic rings. The second-order valence-corrected chi connectivity index (χ2v) is 7.61. The minimum atomic E-state index is -0.353. The Kier molecular flexibility index (Phi) is 6.47. The number of rotatable bonds is 2. The standard InChI is InChI=1S/C11H11BrO3.C11H12O3/c1-6-7-3-4-15-10(7)8(5-9(6)12)11(13)14-2;1-7-3-4-9(11(12)13-2)10-8(7)5-6-14-10/h5H,3-4H2,1-2H3;3-4H,5-6H2,1-2H3. The number of fused-ring (bicyclic) bond motifs is 2. The number of aryl methyl sites for hydroxylation is 1. The second kappa shape index (κ2) is 8.86. The largest absolute Gasteiger partial charge is 0.492 e. The molecule has 0 bridgehead atoms. The summed E-state index contributed by atoms with van der Waals surface area (Å²) in [6, 6.07) is 5.44. The maximum atomic E-state index is 11.5. The fraction of sp³-hybridized carbons (Fsp3) is 0.364. The average molecular weight is 463 g/mol. The van der Waals surface area contributed by atoms with Crippen molar-refractivity contribution in [3.8, 4) is 11.5 Å². The van der Waals surface area contributed by atoms with E-state index in [4.69, 9.17) is 14.2 Å². The molecule has 0 saturated heterocycles. The molecule has 0 N–H and O–H groups in total. The van der Waals surface area contributed by atoms with Crippen molar-refractivity contribution in [2.75, 3.05) is 27.4 Å². The monoisotopic (exact) mass is 462 g/mol. The molecule has 0 atom stereocenters. The van der Waals surface area contributed by atoms with Gasteiger partial charge in [-0.15, -0.1) is 0 Å². The number of ether oxygens (including phenoxy) is 4. The second-order valence-electron chi connectivity index (χ2n) is 6.76. The van der Waals surface area contributed by atoms with Crippen molar-refractivity contribution < 1.29 is 28.5 Å². The van der Waals surface area contributed by atoms with Crippen molar-refractivity contribution in [2.45, 2.75) is 26.7 Å². The summed E-state index contributed by atoms with van der Waals surface area (Å²) in [5.74, 6) is 0.705. The highest BCUT2D eigenvalue weighted by atomic mass is 79.9. The predicted molar refractivity (Wildman–Crippen MR) is 111 cm³/mol. The summed E-state index contributed by atoms with van der Waals surface area (Å²) in [6.45, 7) is 5.33. The van der Waals surface area contributed by atoms with Gasteiger partial charge in [0.05, 0.1) is 27.4 Å². The Morgan fingerprint density at radius 1 is 0.897 bits per heavy atom. The van der Waals surface area contributed by atoms with E-state index in [9.17, 15) is 9.59 Å². The van der Waals surface area contributed by atoms with E-state index in [1.165, 1.54) is 19.8 Å². The molecule has 0 spiro atoms. The molecule has 154 valence electrons. The predicted octanol–water partition coefficient (Wildman–Crippen LogP) is 4.20. The van der Waals surface area contributed by atoms with Gasteiger partial charge < -0.3 is 18.9 Å². The van der Waals surface area contributed by atoms with Crippen LogP contribution in [0.2, 0.25) is 0 Å². The van der Waals surface area contributed by atoms with Crippen LogP contribution < -0.4 is 9.47 Å². The molecule has 0 amide bonds. The van der Waals surface area contributed by atoms with Crippen molar-refractivity contribution in [3.05, 3.63) is 56.1 Å². The first-order valence-corrected chi connectivity index (χ1v) is 10.0. The van der Waals surface area contributed by atoms with E-state index in [1.54, 1.807) is 12.1 Å². The van der Waals surface area contributed by atoms with Gasteiger partial charge in [0, 0.05) is 28.4 Å². The Morgan fingerprint density at radius 2 is 1.45 bits per heavy atom. The number of hydrogen-bond donors (Lipinski definition) is 0. The number of methoxy groups -OCH3 is 2. The van der Waals surface area contributed by atoms with Crippen LogP contribution in [0.3, 0.4) is 0 Å². The summed E-state index contributed by atoms with van der Waals surface area (Å²) in [5, 5.41) is 0. The van der Waals surface area contributed by atoms with Crippen LogP contribution >= 0.6 is 15.9 Å². The zero-order chi connectivity index (χ0) is 21.1. The molecule has 0 fully saturated rings. The summed E-state index contributed by atoms with van der Waals surface area (Å²) in [6.07, 6.45) is 1.73. The molecule has 2 aromatic rings. The van der Waals surface area contributed by atoms with E-state index >= 15 is 0 Å². The quantitative estimate of drug-likeness (QED) is 0.622. The molecular weight excluding hydrogens is 440 g/mol. The first-order valence-electron chi connectivity index (χ1n) is 9.25. The van der Waals surface area contributed by atoms with Gasteiger partial charge in [0.25, 0.3) is 0 Å². The van der Waals surface area contributed by atoms with Crippen LogP contribution in [0.4, 0.5) is 0 Å². The van der Waals surface area contributed by atoms with Crippen molar-refractivity contribution in [1.82, 2.24) is 0 Å². The van der Waals surface area contributed by atoms with Gasteiger partial charge in [0.1, 0.15) is 22.6 Å². The lowest BCUT2D eigenvalue weighted by atomic mass is 10.0. The van der Waals surface area contributed by atoms with E-state index in [-0.39, 0.29) is 11.9 Å². The normalized spacial score (nSPS) is 13.3. The highest BCUT2D eigenvalue weighted by Gasteiger charge is 2.25. The molecule has 0 saturated carbocycles. The minimum absolute atomic E-state index is 0.330. The molecule has 2 aliphatic heterocycles. The number of esters is 2. The topological polar surface area (TPSA) is 71.1 Å². The van der Waals surface area contributed by atoms with E-state index < -0.39 is 0 Å². The maximum absolute atomic E-state index is 11.5. The molecule has 6 nitrogen and oxygen atoms in total. The number of halogens is 1. The number of benzene rings is 2. The molecule has 0 unspecified atom stereocenters. The molecule has 2 aromatic carbocycles. The third kappa shape index (κ3) is 4.10. The molecule has 4 rings (SSSR count). The van der Waals surface area contributed by atoms with Crippen LogP contribution in [0.5, 0.6) is 11.5 Å². The molecule has 0 radical (unpaired) electrons. The lowest BCUT2D eigenvalue weighted by Crippen LogP contribution is -2.04. The molecular formula is C22H23BrO6. The molecule has 0 aliphatic carbocycles. The number of hydrogen-bond acceptors (Lipinski definition) is 6. The fourth-order valence-corrected chi connectivity index (χ4v) is 3.96. The Morgan fingerprint density at radius 3 is 2.07 bits per heavy atom. The van der Waals surface area contributed by atoms with Gasteiger partial charge in [-0.3, -0.25) is 0 Å². The van der Waals surface area contributed by atoms with Crippen molar-refractivity contribution in [3.63, 3.8) is 0 Å². The van der Waals surface area contributed by atoms with E-state index in [0.717, 1.165) is 34.0 Å². The lowest BCUT2D eigenvalue weighted by molar-refractivity contribution is 0.0587. The van der Waals surface area contributed by atoms with Crippen molar-refractivity contribution >= 4 is 27.9 Å². The van der Waals surface area contributed by atoms with Crippen LogP contribution in [0.15, 0.2) is 22.7 Å². The van der Waals surface area contributed by atoms with Crippen LogP contribution in [0.25, 0.3) is 0 Å². The molecule has 0 aromatic heterocycles. The van der Waals surface area contributed by atoms with Gasteiger partial charge in [0.15, 0.2) is 0 Å². The summed E-state index contributed by atoms with van der Waals surface area (Å²) in [4.78, 5) is 22.9. The maximum Gasteiger partial charge on any atom is 0.341 e. The summed E-state index contributed by atoms with van der Waals surface area (Å²) >= 11 is 3.43. The van der Waals surface area contributed by atoms with E-state index in [1.807, 2.05) is 19.9 Å². The SMILES string of the molecule is COC(=O)c1cc(Br)c(C)c2c1OCC2.COC(=O)c1ccc(C)c2c1OCC2. The smallest absolute Gasteiger partial charge is 0.341 e. The first kappa shape index (κ1) is 21.2. The van der Waals surface area contributed by atoms with Gasteiger partial charge in [-0.05, 0) is 37.1 Å². The van der Waals surface area contributed by atoms with Gasteiger partial charge in [-0.1, -0.05) is 22.0 Å². The molecule has 2 heterocycles. The zero-order valence-electron chi connectivity index (χ0n) is 16.9. The third-order valence-electron chi connectivity index (χ3n) is 5.10. The third-order valence-corrected chi connectivity index (χ3v) is 5.93. The van der Waals surface area contributed by atoms with Crippen molar-refractivity contribution in [1.29, 1.82) is 0 Å². The highest BCUT2D eigenvalue weighted by molar-refractivity contribution is 9.10. The molecule has 29 heavy (non-hydrogen) atoms. The Labute approximate surface area is 178 Å². The Balaban J connectivity index is 0.000000166. The van der Waals surface area contributed by atoms with Gasteiger partial charge in [-0.25, -0.2) is 9.59 Å². The average Bonchev–Trinajstić information content (AvgIpc) is 3.41. The molecule has 7 heteroatoms. The Bertz CT molecular complexity index is 967. The lowest BCUT2D eigenvalue weighted by Gasteiger charge is -2.09. The first-order chi connectivity index (χ1) is 13.9. The fourth-order valence-electron chi connectivity index (χ4n) is 3.49. The highest BCUT2D eigenvalue weighted by Crippen LogP contribution is 2.37. The van der Waals surface area contributed by atoms with E-state index in [0.29, 0.717) is 35.8 Å². The number of carbonyl (C=O) groups excluding carboxylic acids is 2. The Hall–Kier alpha value is -2.54. The van der Waals surface area contributed by atoms with Crippen molar-refractivity contribution in [2.24, 2.45) is 0 Å². The number of carbonyl (C=O) groups is 2. The van der Waals surface area contributed by atoms with E-state index in [2.05, 4.69) is 20.7 Å². The van der Waals surface area contributed by atoms with Gasteiger partial charge >= 0.3 is 11.9 Å². The summed E-state index contributed by atoms with van der Waals surface area (Å²) in [5.41, 5.74) is 5.58. The van der Waals surface area contributed by atoms with Crippen LogP contribution in [-0.4, -0.2) is 39.4 Å².